The maximum atomic E-state index is 10.4. The molecule has 3 N–H and O–H groups in total. The number of hydrogen-bond acceptors (Lipinski definition) is 4. The molecule has 6 nitrogen and oxygen atoms in total. The SMILES string of the molecule is Cc1ncccc1C(=O)O.O=C(O)c1ccccc1O. The van der Waals surface area contributed by atoms with Crippen LogP contribution in [0.1, 0.15) is 26.4 Å². The first-order chi connectivity index (χ1) is 9.43. The number of carboxylic acid groups (broad SMARTS) is 2. The van der Waals surface area contributed by atoms with E-state index in [1.165, 1.54) is 18.2 Å². The van der Waals surface area contributed by atoms with Crippen LogP contribution in [0.3, 0.4) is 0 Å². The minimum atomic E-state index is -1.11. The molecule has 0 spiro atoms. The van der Waals surface area contributed by atoms with Crippen LogP contribution in [0.5, 0.6) is 5.75 Å². The molecule has 0 unspecified atom stereocenters. The summed E-state index contributed by atoms with van der Waals surface area (Å²) in [5.41, 5.74) is 0.750. The fourth-order valence-corrected chi connectivity index (χ4v) is 1.36. The monoisotopic (exact) mass is 275 g/mol. The van der Waals surface area contributed by atoms with Crippen molar-refractivity contribution in [3.05, 3.63) is 59.4 Å². The number of carbonyl (C=O) groups is 2. The molecule has 0 amide bonds. The number of nitrogens with zero attached hydrogens (tertiary/aromatic N) is 1. The number of carboxylic acids is 2. The highest BCUT2D eigenvalue weighted by Crippen LogP contribution is 2.14. The van der Waals surface area contributed by atoms with Crippen molar-refractivity contribution >= 4 is 11.9 Å². The van der Waals surface area contributed by atoms with Gasteiger partial charge in [-0.05, 0) is 31.2 Å². The predicted molar refractivity (Wildman–Crippen MR) is 71.0 cm³/mol. The van der Waals surface area contributed by atoms with Gasteiger partial charge in [-0.2, -0.15) is 0 Å². The van der Waals surface area contributed by atoms with Crippen LogP contribution in [-0.2, 0) is 0 Å². The van der Waals surface area contributed by atoms with E-state index < -0.39 is 11.9 Å². The second kappa shape index (κ2) is 6.89. The molecule has 104 valence electrons. The second-order valence-electron chi connectivity index (χ2n) is 3.76. The zero-order valence-electron chi connectivity index (χ0n) is 10.6. The van der Waals surface area contributed by atoms with Gasteiger partial charge in [0.15, 0.2) is 0 Å². The number of rotatable bonds is 2. The Morgan fingerprint density at radius 1 is 0.950 bits per heavy atom. The molecule has 2 aromatic rings. The predicted octanol–water partition coefficient (Wildman–Crippen LogP) is 2.18. The third kappa shape index (κ3) is 4.09. The van der Waals surface area contributed by atoms with Crippen molar-refractivity contribution < 1.29 is 24.9 Å². The minimum Gasteiger partial charge on any atom is -0.507 e. The quantitative estimate of drug-likeness (QED) is 0.775. The summed E-state index contributed by atoms with van der Waals surface area (Å²) in [6.45, 7) is 1.67. The van der Waals surface area contributed by atoms with E-state index in [0.717, 1.165) is 0 Å². The number of aromatic carboxylic acids is 2. The Bertz CT molecular complexity index is 569. The van der Waals surface area contributed by atoms with Crippen LogP contribution >= 0.6 is 0 Å². The number of pyridine rings is 1. The van der Waals surface area contributed by atoms with Crippen LogP contribution in [0.15, 0.2) is 42.6 Å². The fourth-order valence-electron chi connectivity index (χ4n) is 1.36. The molecule has 0 atom stereocenters. The lowest BCUT2D eigenvalue weighted by Crippen LogP contribution is -2.00. The van der Waals surface area contributed by atoms with Crippen molar-refractivity contribution in [1.82, 2.24) is 4.98 Å². The van der Waals surface area contributed by atoms with Gasteiger partial charge in [-0.3, -0.25) is 4.98 Å². The van der Waals surface area contributed by atoms with Gasteiger partial charge in [-0.1, -0.05) is 12.1 Å². The lowest BCUT2D eigenvalue weighted by molar-refractivity contribution is 0.0683. The van der Waals surface area contributed by atoms with Gasteiger partial charge in [-0.25, -0.2) is 9.59 Å². The van der Waals surface area contributed by atoms with E-state index in [1.54, 1.807) is 31.3 Å². The van der Waals surface area contributed by atoms with Crippen LogP contribution in [0, 0.1) is 6.92 Å². The lowest BCUT2D eigenvalue weighted by atomic mass is 10.2. The van der Waals surface area contributed by atoms with Crippen LogP contribution < -0.4 is 0 Å². The summed E-state index contributed by atoms with van der Waals surface area (Å²) < 4.78 is 0. The summed E-state index contributed by atoms with van der Waals surface area (Å²) in [7, 11) is 0. The smallest absolute Gasteiger partial charge is 0.339 e. The number of para-hydroxylation sites is 1. The first-order valence-corrected chi connectivity index (χ1v) is 5.59. The first-order valence-electron chi connectivity index (χ1n) is 5.59. The van der Waals surface area contributed by atoms with Crippen LogP contribution in [0.2, 0.25) is 0 Å². The molecule has 1 aromatic heterocycles. The number of aromatic nitrogens is 1. The minimum absolute atomic E-state index is 0.0671. The molecule has 0 saturated carbocycles. The normalized spacial score (nSPS) is 9.25. The molecule has 1 heterocycles. The molecule has 6 heteroatoms. The Hall–Kier alpha value is -2.89. The molecule has 0 saturated heterocycles. The van der Waals surface area contributed by atoms with E-state index >= 15 is 0 Å². The van der Waals surface area contributed by atoms with Gasteiger partial charge >= 0.3 is 11.9 Å². The van der Waals surface area contributed by atoms with E-state index in [-0.39, 0.29) is 16.9 Å². The molecule has 1 aromatic carbocycles. The Labute approximate surface area is 115 Å². The Morgan fingerprint density at radius 2 is 1.50 bits per heavy atom. The van der Waals surface area contributed by atoms with Crippen molar-refractivity contribution in [2.45, 2.75) is 6.92 Å². The fraction of sp³-hybridized carbons (Fsp3) is 0.0714. The standard InChI is InChI=1S/C7H7NO2.C7H6O3/c1-5-6(7(9)10)3-2-4-8-5;8-6-4-2-1-3-5(6)7(9)10/h2-4H,1H3,(H,9,10);1-4,8H,(H,9,10). The van der Waals surface area contributed by atoms with Gasteiger partial charge in [0.25, 0.3) is 0 Å². The van der Waals surface area contributed by atoms with Gasteiger partial charge < -0.3 is 15.3 Å². The van der Waals surface area contributed by atoms with Crippen LogP contribution in [-0.4, -0.2) is 32.2 Å². The molecule has 0 radical (unpaired) electrons. The van der Waals surface area contributed by atoms with E-state index in [0.29, 0.717) is 5.69 Å². The Kier molecular flexibility index (Phi) is 5.22. The second-order valence-corrected chi connectivity index (χ2v) is 3.76. The largest absolute Gasteiger partial charge is 0.507 e. The molecule has 20 heavy (non-hydrogen) atoms. The number of hydrogen-bond donors (Lipinski definition) is 3. The number of benzene rings is 1. The van der Waals surface area contributed by atoms with Crippen LogP contribution in [0.25, 0.3) is 0 Å². The lowest BCUT2D eigenvalue weighted by Gasteiger charge is -1.95. The summed E-state index contributed by atoms with van der Waals surface area (Å²) in [5.74, 6) is -2.24. The van der Waals surface area contributed by atoms with Gasteiger partial charge in [0.2, 0.25) is 0 Å². The van der Waals surface area contributed by atoms with E-state index in [2.05, 4.69) is 4.98 Å². The molecule has 0 aliphatic carbocycles. The zero-order valence-corrected chi connectivity index (χ0v) is 10.6. The van der Waals surface area contributed by atoms with E-state index in [4.69, 9.17) is 15.3 Å². The van der Waals surface area contributed by atoms with Gasteiger partial charge in [0, 0.05) is 6.20 Å². The summed E-state index contributed by atoms with van der Waals surface area (Å²) in [5, 5.41) is 25.8. The van der Waals surface area contributed by atoms with Gasteiger partial charge in [-0.15, -0.1) is 0 Å². The molecular formula is C14H13NO5. The number of phenols is 1. The summed E-state index contributed by atoms with van der Waals surface area (Å²) in [6.07, 6.45) is 1.57. The average molecular weight is 275 g/mol. The van der Waals surface area contributed by atoms with Crippen molar-refractivity contribution in [2.24, 2.45) is 0 Å². The highest BCUT2D eigenvalue weighted by atomic mass is 16.4. The molecular weight excluding hydrogens is 262 g/mol. The third-order valence-corrected chi connectivity index (χ3v) is 2.37. The van der Waals surface area contributed by atoms with Gasteiger partial charge in [0.1, 0.15) is 11.3 Å². The van der Waals surface area contributed by atoms with Gasteiger partial charge in [0.05, 0.1) is 11.3 Å². The third-order valence-electron chi connectivity index (χ3n) is 2.37. The molecule has 0 fully saturated rings. The highest BCUT2D eigenvalue weighted by Gasteiger charge is 2.06. The molecule has 0 aliphatic rings. The zero-order chi connectivity index (χ0) is 15.1. The first kappa shape index (κ1) is 15.2. The summed E-state index contributed by atoms with van der Waals surface area (Å²) in [6, 6.07) is 8.95. The van der Waals surface area contributed by atoms with Crippen LogP contribution in [0.4, 0.5) is 0 Å². The van der Waals surface area contributed by atoms with Crippen molar-refractivity contribution in [1.29, 1.82) is 0 Å². The van der Waals surface area contributed by atoms with Crippen molar-refractivity contribution in [3.63, 3.8) is 0 Å². The van der Waals surface area contributed by atoms with E-state index in [1.807, 2.05) is 0 Å². The molecule has 0 bridgehead atoms. The summed E-state index contributed by atoms with van der Waals surface area (Å²) in [4.78, 5) is 24.5. The maximum absolute atomic E-state index is 10.4. The van der Waals surface area contributed by atoms with Crippen molar-refractivity contribution in [2.75, 3.05) is 0 Å². The maximum Gasteiger partial charge on any atom is 0.339 e. The molecule has 2 rings (SSSR count). The summed E-state index contributed by atoms with van der Waals surface area (Å²) >= 11 is 0. The Morgan fingerprint density at radius 3 is 1.90 bits per heavy atom. The molecule has 0 aliphatic heterocycles. The average Bonchev–Trinajstić information content (AvgIpc) is 2.40. The van der Waals surface area contributed by atoms with Crippen molar-refractivity contribution in [3.8, 4) is 5.75 Å². The number of aromatic hydroxyl groups is 1. The Balaban J connectivity index is 0.000000200. The topological polar surface area (TPSA) is 108 Å². The highest BCUT2D eigenvalue weighted by molar-refractivity contribution is 5.90. The number of aryl methyl sites for hydroxylation is 1. The van der Waals surface area contributed by atoms with E-state index in [9.17, 15) is 9.59 Å².